The van der Waals surface area contributed by atoms with Gasteiger partial charge in [0.05, 0.1) is 13.4 Å². The summed E-state index contributed by atoms with van der Waals surface area (Å²) in [6.07, 6.45) is 7.77. The fourth-order valence-electron chi connectivity index (χ4n) is 0.950. The van der Waals surface area contributed by atoms with E-state index < -0.39 is 0 Å². The van der Waals surface area contributed by atoms with Crippen molar-refractivity contribution in [3.8, 4) is 0 Å². The lowest BCUT2D eigenvalue weighted by atomic mass is 9.86. The van der Waals surface area contributed by atoms with Crippen molar-refractivity contribution >= 4 is 15.9 Å². The summed E-state index contributed by atoms with van der Waals surface area (Å²) in [6, 6.07) is 0. The van der Waals surface area contributed by atoms with Gasteiger partial charge in [0.15, 0.2) is 0 Å². The topological polar surface area (TPSA) is 9.23 Å². The van der Waals surface area contributed by atoms with Crippen LogP contribution in [0.5, 0.6) is 0 Å². The van der Waals surface area contributed by atoms with Gasteiger partial charge < -0.3 is 4.74 Å². The first kappa shape index (κ1) is 13.5. The van der Waals surface area contributed by atoms with E-state index in [4.69, 9.17) is 4.74 Å². The van der Waals surface area contributed by atoms with Crippen LogP contribution in [0.25, 0.3) is 0 Å². The maximum atomic E-state index is 4.85. The second-order valence-corrected chi connectivity index (χ2v) is 5.42. The number of halogens is 1. The molecule has 0 bridgehead atoms. The third-order valence-electron chi connectivity index (χ3n) is 1.71. The molecule has 0 heterocycles. The summed E-state index contributed by atoms with van der Waals surface area (Å²) in [5.74, 6) is 0. The zero-order valence-corrected chi connectivity index (χ0v) is 11.2. The molecular formula is C12H19BrO. The molecule has 0 aromatic rings. The lowest BCUT2D eigenvalue weighted by molar-refractivity contribution is 0.338. The third-order valence-corrected chi connectivity index (χ3v) is 1.94. The van der Waals surface area contributed by atoms with Crippen LogP contribution < -0.4 is 0 Å². The number of methoxy groups -OCH3 is 1. The molecule has 0 saturated carbocycles. The highest BCUT2D eigenvalue weighted by Gasteiger charge is 2.13. The highest BCUT2D eigenvalue weighted by molar-refractivity contribution is 9.11. The molecule has 80 valence electrons. The second-order valence-electron chi connectivity index (χ2n) is 4.17. The summed E-state index contributed by atoms with van der Waals surface area (Å²) >= 11 is 3.44. The first-order chi connectivity index (χ1) is 6.38. The smallest absolute Gasteiger partial charge is 0.0824 e. The van der Waals surface area contributed by atoms with Crippen molar-refractivity contribution in [3.05, 3.63) is 34.5 Å². The van der Waals surface area contributed by atoms with Crippen LogP contribution in [0, 0.1) is 5.41 Å². The molecule has 0 rings (SSSR count). The summed E-state index contributed by atoms with van der Waals surface area (Å²) in [5.41, 5.74) is 1.41. The molecule has 0 radical (unpaired) electrons. The van der Waals surface area contributed by atoms with Crippen molar-refractivity contribution in [1.82, 2.24) is 0 Å². The maximum Gasteiger partial charge on any atom is 0.0824 e. The van der Waals surface area contributed by atoms with Crippen LogP contribution in [0.4, 0.5) is 0 Å². The van der Waals surface area contributed by atoms with E-state index in [1.807, 2.05) is 13.0 Å². The maximum absolute atomic E-state index is 4.85. The molecule has 0 N–H and O–H groups in total. The van der Waals surface area contributed by atoms with Crippen LogP contribution >= 0.6 is 15.9 Å². The van der Waals surface area contributed by atoms with Gasteiger partial charge in [0.1, 0.15) is 0 Å². The van der Waals surface area contributed by atoms with E-state index in [9.17, 15) is 0 Å². The monoisotopic (exact) mass is 258 g/mol. The number of ether oxygens (including phenoxy) is 1. The van der Waals surface area contributed by atoms with E-state index in [1.165, 1.54) is 5.57 Å². The molecule has 14 heavy (non-hydrogen) atoms. The quantitative estimate of drug-likeness (QED) is 0.538. The number of hydrogen-bond acceptors (Lipinski definition) is 1. The second kappa shape index (κ2) is 6.07. The Labute approximate surface area is 95.7 Å². The van der Waals surface area contributed by atoms with Crippen molar-refractivity contribution < 1.29 is 4.74 Å². The largest absolute Gasteiger partial charge is 0.504 e. The van der Waals surface area contributed by atoms with Crippen LogP contribution in [0.1, 0.15) is 27.7 Å². The molecule has 0 aromatic carbocycles. The summed E-state index contributed by atoms with van der Waals surface area (Å²) in [6.45, 7) is 8.59. The van der Waals surface area contributed by atoms with Crippen molar-refractivity contribution in [2.75, 3.05) is 7.11 Å². The summed E-state index contributed by atoms with van der Waals surface area (Å²) in [4.78, 5) is 0. The Morgan fingerprint density at radius 3 is 2.21 bits per heavy atom. The molecule has 0 aromatic heterocycles. The molecule has 0 amide bonds. The molecule has 0 aliphatic heterocycles. The van der Waals surface area contributed by atoms with Gasteiger partial charge >= 0.3 is 0 Å². The van der Waals surface area contributed by atoms with Gasteiger partial charge in [0, 0.05) is 0 Å². The number of rotatable bonds is 3. The van der Waals surface area contributed by atoms with Gasteiger partial charge in [-0.15, -0.1) is 0 Å². The van der Waals surface area contributed by atoms with Gasteiger partial charge in [0.25, 0.3) is 0 Å². The molecule has 2 heteroatoms. The number of hydrogen-bond donors (Lipinski definition) is 0. The van der Waals surface area contributed by atoms with Crippen molar-refractivity contribution in [3.63, 3.8) is 0 Å². The van der Waals surface area contributed by atoms with Crippen LogP contribution in [0.3, 0.4) is 0 Å². The molecule has 0 atom stereocenters. The minimum Gasteiger partial charge on any atom is -0.504 e. The molecule has 0 unspecified atom stereocenters. The Morgan fingerprint density at radius 2 is 1.86 bits per heavy atom. The van der Waals surface area contributed by atoms with Gasteiger partial charge in [-0.2, -0.15) is 0 Å². The standard InChI is InChI=1S/C12H19BrO/c1-10(13)9-11(12(2,3)4)7-6-8-14-5/h6-9H,1-5H3/b8-6+,10-9+,11-7+. The van der Waals surface area contributed by atoms with Crippen LogP contribution in [-0.4, -0.2) is 7.11 Å². The highest BCUT2D eigenvalue weighted by Crippen LogP contribution is 2.28. The Hall–Kier alpha value is -0.500. The average molecular weight is 259 g/mol. The fraction of sp³-hybridized carbons (Fsp3) is 0.500. The van der Waals surface area contributed by atoms with Crippen LogP contribution in [0.15, 0.2) is 34.5 Å². The van der Waals surface area contributed by atoms with Crippen molar-refractivity contribution in [1.29, 1.82) is 0 Å². The van der Waals surface area contributed by atoms with E-state index in [1.54, 1.807) is 13.4 Å². The normalized spacial score (nSPS) is 15.0. The predicted molar refractivity (Wildman–Crippen MR) is 66.4 cm³/mol. The van der Waals surface area contributed by atoms with Crippen LogP contribution in [-0.2, 0) is 4.74 Å². The average Bonchev–Trinajstić information content (AvgIpc) is 2.00. The van der Waals surface area contributed by atoms with E-state index >= 15 is 0 Å². The lowest BCUT2D eigenvalue weighted by Gasteiger charge is -2.20. The van der Waals surface area contributed by atoms with E-state index in [0.29, 0.717) is 0 Å². The molecule has 0 fully saturated rings. The Kier molecular flexibility index (Phi) is 5.86. The van der Waals surface area contributed by atoms with Gasteiger partial charge in [-0.1, -0.05) is 42.8 Å². The minimum atomic E-state index is 0.146. The van der Waals surface area contributed by atoms with Gasteiger partial charge in [-0.25, -0.2) is 0 Å². The fourth-order valence-corrected chi connectivity index (χ4v) is 1.20. The SMILES string of the molecule is CO/C=C/C=C(\C=C(/C)Br)C(C)(C)C. The van der Waals surface area contributed by atoms with Crippen molar-refractivity contribution in [2.24, 2.45) is 5.41 Å². The zero-order valence-electron chi connectivity index (χ0n) is 9.60. The van der Waals surface area contributed by atoms with E-state index in [2.05, 4.69) is 48.9 Å². The summed E-state index contributed by atoms with van der Waals surface area (Å²) in [5, 5.41) is 0. The summed E-state index contributed by atoms with van der Waals surface area (Å²) < 4.78 is 5.98. The number of allylic oxidation sites excluding steroid dienone is 5. The zero-order chi connectivity index (χ0) is 11.2. The van der Waals surface area contributed by atoms with E-state index in [0.717, 1.165) is 4.48 Å². The lowest BCUT2D eigenvalue weighted by Crippen LogP contribution is -2.07. The van der Waals surface area contributed by atoms with Gasteiger partial charge in [-0.3, -0.25) is 0 Å². The van der Waals surface area contributed by atoms with Gasteiger partial charge in [0.2, 0.25) is 0 Å². The third kappa shape index (κ3) is 6.03. The molecule has 0 aliphatic rings. The first-order valence-electron chi connectivity index (χ1n) is 4.62. The Balaban J connectivity index is 4.83. The first-order valence-corrected chi connectivity index (χ1v) is 5.41. The van der Waals surface area contributed by atoms with Gasteiger partial charge in [-0.05, 0) is 34.5 Å². The van der Waals surface area contributed by atoms with Crippen molar-refractivity contribution in [2.45, 2.75) is 27.7 Å². The molecule has 0 saturated heterocycles. The van der Waals surface area contributed by atoms with Crippen LogP contribution in [0.2, 0.25) is 0 Å². The minimum absolute atomic E-state index is 0.146. The molecule has 1 nitrogen and oxygen atoms in total. The molecular weight excluding hydrogens is 240 g/mol. The molecule has 0 aliphatic carbocycles. The Morgan fingerprint density at radius 1 is 1.29 bits per heavy atom. The Bertz CT molecular complexity index is 250. The highest BCUT2D eigenvalue weighted by atomic mass is 79.9. The van der Waals surface area contributed by atoms with E-state index in [-0.39, 0.29) is 5.41 Å². The molecule has 0 spiro atoms. The summed E-state index contributed by atoms with van der Waals surface area (Å²) in [7, 11) is 1.65. The predicted octanol–water partition coefficient (Wildman–Crippen LogP) is 4.42.